The van der Waals surface area contributed by atoms with Crippen molar-refractivity contribution in [3.63, 3.8) is 0 Å². The van der Waals surface area contributed by atoms with Crippen molar-refractivity contribution in [3.05, 3.63) is 0 Å². The van der Waals surface area contributed by atoms with Gasteiger partial charge in [0.15, 0.2) is 0 Å². The molecule has 0 aliphatic rings. The van der Waals surface area contributed by atoms with E-state index in [4.69, 9.17) is 0 Å². The predicted octanol–water partition coefficient (Wildman–Crippen LogP) is -1.14. The maximum absolute atomic E-state index is 11.2. The van der Waals surface area contributed by atoms with Gasteiger partial charge in [-0.05, 0) is 13.2 Å². The summed E-state index contributed by atoms with van der Waals surface area (Å²) in [4.78, 5) is 0. The van der Waals surface area contributed by atoms with Crippen LogP contribution in [0, 0.1) is 11.8 Å². The first-order valence-electron chi connectivity index (χ1n) is 2.17. The molecule has 0 aliphatic heterocycles. The van der Waals surface area contributed by atoms with Gasteiger partial charge in [0, 0.05) is 0 Å². The maximum atomic E-state index is 11.2. The van der Waals surface area contributed by atoms with E-state index in [9.17, 15) is 12.9 Å². The molecule has 0 aromatic carbocycles. The molecule has 0 aromatic heterocycles. The fraction of sp³-hybridized carbons (Fsp3) is 0.500. The Morgan fingerprint density at radius 2 is 1.78 bits per heavy atom. The summed E-state index contributed by atoms with van der Waals surface area (Å²) >= 11 is 0. The molecule has 0 saturated heterocycles. The second kappa shape index (κ2) is 5.81. The summed E-state index contributed by atoms with van der Waals surface area (Å²) in [7, 11) is 0. The molecule has 0 amide bonds. The van der Waals surface area contributed by atoms with E-state index in [1.165, 1.54) is 6.92 Å². The number of rotatable bonds is 1. The van der Waals surface area contributed by atoms with Gasteiger partial charge in [-0.2, -0.15) is 0 Å². The molecule has 0 atom stereocenters. The van der Waals surface area contributed by atoms with Gasteiger partial charge in [0.1, 0.15) is 0 Å². The summed E-state index contributed by atoms with van der Waals surface area (Å²) in [5.74, 6) is 4.11. The molecular formula is C4H5BF3K. The number of hydrogen-bond donors (Lipinski definition) is 0. The Bertz CT molecular complexity index is 120. The first-order chi connectivity index (χ1) is 3.56. The Morgan fingerprint density at radius 3 is 1.89 bits per heavy atom. The molecule has 0 aliphatic carbocycles. The van der Waals surface area contributed by atoms with Crippen LogP contribution in [0.1, 0.15) is 6.92 Å². The molecule has 9 heavy (non-hydrogen) atoms. The zero-order chi connectivity index (χ0) is 6.62. The third-order valence-electron chi connectivity index (χ3n) is 0.510. The monoisotopic (exact) mass is 160 g/mol. The van der Waals surface area contributed by atoms with Crippen molar-refractivity contribution in [2.24, 2.45) is 0 Å². The molecule has 0 heterocycles. The largest absolute Gasteiger partial charge is 1.00 e. The quantitative estimate of drug-likeness (QED) is 0.336. The van der Waals surface area contributed by atoms with Crippen molar-refractivity contribution in [3.8, 4) is 11.8 Å². The van der Waals surface area contributed by atoms with Gasteiger partial charge in [0.25, 0.3) is 0 Å². The normalized spacial score (nSPS) is 8.89. The minimum atomic E-state index is -4.68. The molecule has 0 unspecified atom stereocenters. The van der Waals surface area contributed by atoms with Gasteiger partial charge >= 0.3 is 58.4 Å². The third-order valence-corrected chi connectivity index (χ3v) is 0.510. The van der Waals surface area contributed by atoms with Crippen LogP contribution in [0.5, 0.6) is 0 Å². The predicted molar refractivity (Wildman–Crippen MR) is 27.3 cm³/mol. The van der Waals surface area contributed by atoms with E-state index in [0.717, 1.165) is 0 Å². The average Bonchev–Trinajstić information content (AvgIpc) is 1.59. The van der Waals surface area contributed by atoms with Crippen molar-refractivity contribution in [1.29, 1.82) is 0 Å². The number of hydrogen-bond acceptors (Lipinski definition) is 0. The van der Waals surface area contributed by atoms with Crippen molar-refractivity contribution in [2.75, 3.05) is 0 Å². The molecular weight excluding hydrogens is 155 g/mol. The molecule has 0 aromatic rings. The van der Waals surface area contributed by atoms with E-state index in [0.29, 0.717) is 0 Å². The summed E-state index contributed by atoms with van der Waals surface area (Å²) in [6.07, 6.45) is -0.934. The first-order valence-corrected chi connectivity index (χ1v) is 2.17. The Balaban J connectivity index is 0. The molecule has 46 valence electrons. The summed E-state index contributed by atoms with van der Waals surface area (Å²) in [6.45, 7) is -3.28. The van der Waals surface area contributed by atoms with Crippen LogP contribution in [0.3, 0.4) is 0 Å². The van der Waals surface area contributed by atoms with Crippen molar-refractivity contribution < 1.29 is 64.3 Å². The van der Waals surface area contributed by atoms with Gasteiger partial charge in [-0.25, -0.2) is 0 Å². The Labute approximate surface area is 95.1 Å². The summed E-state index contributed by atoms with van der Waals surface area (Å²) in [5.41, 5.74) is 0. The van der Waals surface area contributed by atoms with E-state index in [1.54, 1.807) is 0 Å². The molecule has 0 bridgehead atoms. The van der Waals surface area contributed by atoms with Crippen molar-refractivity contribution in [2.45, 2.75) is 13.2 Å². The third kappa shape index (κ3) is 12.3. The van der Waals surface area contributed by atoms with Crippen LogP contribution in [0.2, 0.25) is 6.32 Å². The van der Waals surface area contributed by atoms with Crippen LogP contribution in [-0.2, 0) is 0 Å². The van der Waals surface area contributed by atoms with Gasteiger partial charge in [0.05, 0.1) is 0 Å². The van der Waals surface area contributed by atoms with Gasteiger partial charge in [-0.3, -0.25) is 0 Å². The van der Waals surface area contributed by atoms with Crippen molar-refractivity contribution >= 4 is 6.98 Å². The smallest absolute Gasteiger partial charge is 0.448 e. The zero-order valence-electron chi connectivity index (χ0n) is 5.42. The minimum Gasteiger partial charge on any atom is -0.448 e. The second-order valence-corrected chi connectivity index (χ2v) is 1.34. The standard InChI is InChI=1S/C4H5BF3.K/c1-2-3-4-5(6,7)8;/h4H2,1H3;/q-1;+1. The van der Waals surface area contributed by atoms with Gasteiger partial charge < -0.3 is 12.9 Å². The fourth-order valence-corrected chi connectivity index (χ4v) is 0.218. The topological polar surface area (TPSA) is 0 Å². The fourth-order valence-electron chi connectivity index (χ4n) is 0.218. The zero-order valence-corrected chi connectivity index (χ0v) is 8.54. The van der Waals surface area contributed by atoms with Crippen LogP contribution < -0.4 is 51.4 Å². The molecule has 0 saturated carbocycles. The maximum Gasteiger partial charge on any atom is 1.00 e. The van der Waals surface area contributed by atoms with Gasteiger partial charge in [0.2, 0.25) is 0 Å². The van der Waals surface area contributed by atoms with Crippen LogP contribution >= 0.6 is 0 Å². The Kier molecular flexibility index (Phi) is 8.20. The molecule has 0 fully saturated rings. The van der Waals surface area contributed by atoms with E-state index in [2.05, 4.69) is 5.92 Å². The van der Waals surface area contributed by atoms with E-state index in [-0.39, 0.29) is 51.4 Å². The molecule has 0 nitrogen and oxygen atoms in total. The summed E-state index contributed by atoms with van der Waals surface area (Å²) in [6, 6.07) is 0. The second-order valence-electron chi connectivity index (χ2n) is 1.34. The SMILES string of the molecule is CC#CC[B-](F)(F)F.[K+]. The molecule has 5 heteroatoms. The molecule has 0 radical (unpaired) electrons. The Morgan fingerprint density at radius 1 is 1.33 bits per heavy atom. The first kappa shape index (κ1) is 12.7. The number of halogens is 3. The van der Waals surface area contributed by atoms with Crippen LogP contribution in [0.4, 0.5) is 12.9 Å². The summed E-state index contributed by atoms with van der Waals surface area (Å²) < 4.78 is 33.6. The molecule has 0 N–H and O–H groups in total. The van der Waals surface area contributed by atoms with Crippen LogP contribution in [-0.4, -0.2) is 6.98 Å². The van der Waals surface area contributed by atoms with Crippen LogP contribution in [0.15, 0.2) is 0 Å². The van der Waals surface area contributed by atoms with E-state index >= 15 is 0 Å². The van der Waals surface area contributed by atoms with E-state index in [1.807, 2.05) is 5.92 Å². The van der Waals surface area contributed by atoms with Gasteiger partial charge in [-0.15, -0.1) is 11.8 Å². The average molecular weight is 160 g/mol. The minimum absolute atomic E-state index is 0. The molecule has 0 spiro atoms. The van der Waals surface area contributed by atoms with Crippen molar-refractivity contribution in [1.82, 2.24) is 0 Å². The molecule has 0 rings (SSSR count). The summed E-state index contributed by atoms with van der Waals surface area (Å²) in [5, 5.41) is 0. The Hall–Kier alpha value is 1.05. The van der Waals surface area contributed by atoms with Crippen LogP contribution in [0.25, 0.3) is 0 Å². The van der Waals surface area contributed by atoms with Gasteiger partial charge in [-0.1, -0.05) is 0 Å². The van der Waals surface area contributed by atoms with E-state index < -0.39 is 13.3 Å².